The van der Waals surface area contributed by atoms with Crippen molar-refractivity contribution in [3.05, 3.63) is 34.1 Å². The molecule has 20 heavy (non-hydrogen) atoms. The van der Waals surface area contributed by atoms with Crippen LogP contribution < -0.4 is 4.72 Å². The lowest BCUT2D eigenvalue weighted by atomic mass is 10.3. The molecule has 0 bridgehead atoms. The average Bonchev–Trinajstić information content (AvgIpc) is 2.26. The molecule has 0 spiro atoms. The molecule has 0 amide bonds. The fourth-order valence-electron chi connectivity index (χ4n) is 1.38. The second-order valence-electron chi connectivity index (χ2n) is 3.87. The number of hydrogen-bond acceptors (Lipinski definition) is 5. The van der Waals surface area contributed by atoms with Crippen molar-refractivity contribution < 1.29 is 27.6 Å². The van der Waals surface area contributed by atoms with E-state index < -0.39 is 38.2 Å². The van der Waals surface area contributed by atoms with Crippen LogP contribution in [0.5, 0.6) is 0 Å². The topological polar surface area (TPSA) is 127 Å². The molecule has 0 atom stereocenters. The molecule has 1 aromatic rings. The number of nitrogens with zero attached hydrogens (tertiary/aromatic N) is 1. The van der Waals surface area contributed by atoms with E-state index in [1.807, 2.05) is 4.72 Å². The Labute approximate surface area is 113 Å². The number of anilines is 1. The molecule has 0 aliphatic heterocycles. The normalized spacial score (nSPS) is 11.1. The molecule has 0 aliphatic carbocycles. The first-order valence-corrected chi connectivity index (χ1v) is 7.02. The molecule has 1 aromatic carbocycles. The summed E-state index contributed by atoms with van der Waals surface area (Å²) in [6.07, 6.45) is -0.452. The number of carboxylic acid groups (broad SMARTS) is 1. The molecule has 0 aromatic heterocycles. The van der Waals surface area contributed by atoms with Gasteiger partial charge in [-0.2, -0.15) is 0 Å². The van der Waals surface area contributed by atoms with Gasteiger partial charge in [0.25, 0.3) is 5.69 Å². The third-order valence-electron chi connectivity index (χ3n) is 2.17. The Kier molecular flexibility index (Phi) is 4.97. The van der Waals surface area contributed by atoms with Crippen LogP contribution in [0.4, 0.5) is 15.8 Å². The smallest absolute Gasteiger partial charge is 0.303 e. The fourth-order valence-corrected chi connectivity index (χ4v) is 2.49. The van der Waals surface area contributed by atoms with Gasteiger partial charge in [-0.05, 0) is 12.5 Å². The van der Waals surface area contributed by atoms with Gasteiger partial charge in [-0.15, -0.1) is 0 Å². The van der Waals surface area contributed by atoms with E-state index in [-0.39, 0.29) is 18.5 Å². The van der Waals surface area contributed by atoms with Crippen LogP contribution in [0, 0.1) is 15.9 Å². The van der Waals surface area contributed by atoms with Crippen LogP contribution in [0.15, 0.2) is 18.2 Å². The summed E-state index contributed by atoms with van der Waals surface area (Å²) in [6.45, 7) is 0. The average molecular weight is 306 g/mol. The van der Waals surface area contributed by atoms with Gasteiger partial charge in [0.15, 0.2) is 0 Å². The fraction of sp³-hybridized carbons (Fsp3) is 0.300. The van der Waals surface area contributed by atoms with E-state index in [9.17, 15) is 27.7 Å². The standard InChI is InChI=1S/C10H11FN2O6S/c11-7-4-8(6-9(5-7)13(16)17)12-20(18,19)3-1-2-10(14)15/h4-6,12H,1-3H2,(H,14,15). The number of nitrogens with one attached hydrogen (secondary N) is 1. The second-order valence-corrected chi connectivity index (χ2v) is 5.72. The zero-order valence-corrected chi connectivity index (χ0v) is 10.9. The quantitative estimate of drug-likeness (QED) is 0.578. The zero-order valence-electron chi connectivity index (χ0n) is 10.1. The van der Waals surface area contributed by atoms with Gasteiger partial charge in [0, 0.05) is 12.5 Å². The van der Waals surface area contributed by atoms with Crippen molar-refractivity contribution in [2.45, 2.75) is 12.8 Å². The molecule has 1 rings (SSSR count). The van der Waals surface area contributed by atoms with Crippen LogP contribution in [0.25, 0.3) is 0 Å². The van der Waals surface area contributed by atoms with Crippen molar-refractivity contribution in [3.8, 4) is 0 Å². The number of halogens is 1. The summed E-state index contributed by atoms with van der Waals surface area (Å²) in [7, 11) is -3.89. The molecule has 0 unspecified atom stereocenters. The minimum Gasteiger partial charge on any atom is -0.481 e. The Hall–Kier alpha value is -2.23. The molecule has 0 saturated carbocycles. The second kappa shape index (κ2) is 6.28. The minimum atomic E-state index is -3.89. The van der Waals surface area contributed by atoms with E-state index >= 15 is 0 Å². The first-order chi connectivity index (χ1) is 9.19. The maximum Gasteiger partial charge on any atom is 0.303 e. The first kappa shape index (κ1) is 15.8. The molecular formula is C10H11FN2O6S. The summed E-state index contributed by atoms with van der Waals surface area (Å²) in [5, 5.41) is 18.9. The summed E-state index contributed by atoms with van der Waals surface area (Å²) in [5.74, 6) is -2.58. The van der Waals surface area contributed by atoms with E-state index in [4.69, 9.17) is 5.11 Å². The number of benzene rings is 1. The van der Waals surface area contributed by atoms with Crippen molar-refractivity contribution in [2.24, 2.45) is 0 Å². The van der Waals surface area contributed by atoms with Gasteiger partial charge in [0.1, 0.15) is 5.82 Å². The molecule has 0 aliphatic rings. The number of sulfonamides is 1. The zero-order chi connectivity index (χ0) is 15.3. The molecule has 110 valence electrons. The highest BCUT2D eigenvalue weighted by Gasteiger charge is 2.15. The van der Waals surface area contributed by atoms with Crippen LogP contribution >= 0.6 is 0 Å². The number of carbonyl (C=O) groups is 1. The number of hydrogen-bond donors (Lipinski definition) is 2. The molecule has 0 fully saturated rings. The van der Waals surface area contributed by atoms with E-state index in [0.29, 0.717) is 6.07 Å². The van der Waals surface area contributed by atoms with Crippen LogP contribution in [-0.4, -0.2) is 30.2 Å². The monoisotopic (exact) mass is 306 g/mol. The van der Waals surface area contributed by atoms with Crippen molar-refractivity contribution in [2.75, 3.05) is 10.5 Å². The summed E-state index contributed by atoms with van der Waals surface area (Å²) in [4.78, 5) is 19.9. The van der Waals surface area contributed by atoms with Crippen LogP contribution in [0.2, 0.25) is 0 Å². The number of carboxylic acids is 1. The van der Waals surface area contributed by atoms with E-state index in [0.717, 1.165) is 12.1 Å². The Bertz CT molecular complexity index is 631. The molecule has 0 heterocycles. The summed E-state index contributed by atoms with van der Waals surface area (Å²) in [6, 6.07) is 2.32. The van der Waals surface area contributed by atoms with Gasteiger partial charge in [0.2, 0.25) is 10.0 Å². The highest BCUT2D eigenvalue weighted by atomic mass is 32.2. The summed E-state index contributed by atoms with van der Waals surface area (Å²) in [5.41, 5.74) is -0.875. The predicted molar refractivity (Wildman–Crippen MR) is 67.3 cm³/mol. The molecule has 8 nitrogen and oxygen atoms in total. The minimum absolute atomic E-state index is 0.123. The molecule has 0 saturated heterocycles. The predicted octanol–water partition coefficient (Wildman–Crippen LogP) is 1.34. The Balaban J connectivity index is 2.81. The number of nitro groups is 1. The highest BCUT2D eigenvalue weighted by molar-refractivity contribution is 7.92. The van der Waals surface area contributed by atoms with Gasteiger partial charge in [-0.25, -0.2) is 12.8 Å². The lowest BCUT2D eigenvalue weighted by molar-refractivity contribution is -0.385. The number of non-ortho nitro benzene ring substituents is 1. The van der Waals surface area contributed by atoms with E-state index in [1.165, 1.54) is 0 Å². The van der Waals surface area contributed by atoms with Gasteiger partial charge < -0.3 is 5.11 Å². The van der Waals surface area contributed by atoms with Crippen molar-refractivity contribution in [1.29, 1.82) is 0 Å². The number of rotatable bonds is 7. The van der Waals surface area contributed by atoms with Crippen molar-refractivity contribution in [1.82, 2.24) is 0 Å². The summed E-state index contributed by atoms with van der Waals surface area (Å²) >= 11 is 0. The Morgan fingerprint density at radius 3 is 2.60 bits per heavy atom. The Morgan fingerprint density at radius 2 is 2.05 bits per heavy atom. The largest absolute Gasteiger partial charge is 0.481 e. The molecule has 10 heteroatoms. The summed E-state index contributed by atoms with van der Waals surface area (Å²) < 4.78 is 38.2. The van der Waals surface area contributed by atoms with Crippen molar-refractivity contribution in [3.63, 3.8) is 0 Å². The molecule has 2 N–H and O–H groups in total. The van der Waals surface area contributed by atoms with Crippen molar-refractivity contribution >= 4 is 27.4 Å². The highest BCUT2D eigenvalue weighted by Crippen LogP contribution is 2.21. The SMILES string of the molecule is O=C(O)CCCS(=O)(=O)Nc1cc(F)cc([N+](=O)[O-])c1. The number of aliphatic carboxylic acids is 1. The maximum absolute atomic E-state index is 13.1. The van der Waals surface area contributed by atoms with Gasteiger partial charge in [-0.3, -0.25) is 19.6 Å². The van der Waals surface area contributed by atoms with Gasteiger partial charge in [0.05, 0.1) is 22.4 Å². The first-order valence-electron chi connectivity index (χ1n) is 5.37. The van der Waals surface area contributed by atoms with E-state index in [2.05, 4.69) is 0 Å². The molecular weight excluding hydrogens is 295 g/mol. The third kappa shape index (κ3) is 5.18. The lowest BCUT2D eigenvalue weighted by Crippen LogP contribution is -2.17. The van der Waals surface area contributed by atoms with E-state index in [1.54, 1.807) is 0 Å². The van der Waals surface area contributed by atoms with Crippen LogP contribution in [-0.2, 0) is 14.8 Å². The molecule has 0 radical (unpaired) electrons. The Morgan fingerprint density at radius 1 is 1.40 bits per heavy atom. The lowest BCUT2D eigenvalue weighted by Gasteiger charge is -2.07. The number of nitro benzene ring substituents is 1. The van der Waals surface area contributed by atoms with Crippen LogP contribution in [0.1, 0.15) is 12.8 Å². The van der Waals surface area contributed by atoms with Gasteiger partial charge in [-0.1, -0.05) is 0 Å². The van der Waals surface area contributed by atoms with Gasteiger partial charge >= 0.3 is 5.97 Å². The third-order valence-corrected chi connectivity index (χ3v) is 3.54. The maximum atomic E-state index is 13.1. The van der Waals surface area contributed by atoms with Crippen LogP contribution in [0.3, 0.4) is 0 Å².